The van der Waals surface area contributed by atoms with Crippen LogP contribution in [-0.4, -0.2) is 67.0 Å². The van der Waals surface area contributed by atoms with Crippen LogP contribution in [0.25, 0.3) is 0 Å². The third-order valence-corrected chi connectivity index (χ3v) is 4.72. The highest BCUT2D eigenvalue weighted by Gasteiger charge is 2.22. The molecule has 0 saturated carbocycles. The zero-order valence-corrected chi connectivity index (χ0v) is 18.4. The summed E-state index contributed by atoms with van der Waals surface area (Å²) in [6, 6.07) is 9.05. The van der Waals surface area contributed by atoms with Crippen molar-refractivity contribution in [3.8, 4) is 0 Å². The molecule has 1 heterocycles. The maximum atomic E-state index is 11.9. The highest BCUT2D eigenvalue weighted by Crippen LogP contribution is 2.13. The SMILES string of the molecule is CC.CC.Cc1ccccc1CC(C)N(C)CCN1CN(C)CCC1=O. The van der Waals surface area contributed by atoms with Crippen LogP contribution in [-0.2, 0) is 11.2 Å². The lowest BCUT2D eigenvalue weighted by molar-refractivity contribution is -0.137. The van der Waals surface area contributed by atoms with Gasteiger partial charge < -0.3 is 9.80 Å². The lowest BCUT2D eigenvalue weighted by Crippen LogP contribution is -2.49. The number of benzene rings is 1. The molecule has 4 heteroatoms. The summed E-state index contributed by atoms with van der Waals surface area (Å²) in [6.45, 7) is 15.8. The molecular weight excluding hydrogens is 322 g/mol. The van der Waals surface area contributed by atoms with E-state index in [1.54, 1.807) is 0 Å². The van der Waals surface area contributed by atoms with Gasteiger partial charge in [0.05, 0.1) is 6.67 Å². The van der Waals surface area contributed by atoms with Crippen molar-refractivity contribution in [3.05, 3.63) is 35.4 Å². The Morgan fingerprint density at radius 1 is 1.15 bits per heavy atom. The molecule has 0 aliphatic carbocycles. The largest absolute Gasteiger partial charge is 0.328 e. The van der Waals surface area contributed by atoms with E-state index in [-0.39, 0.29) is 5.91 Å². The Balaban J connectivity index is 0.00000146. The predicted molar refractivity (Wildman–Crippen MR) is 113 cm³/mol. The minimum Gasteiger partial charge on any atom is -0.328 e. The Hall–Kier alpha value is -1.39. The normalized spacial score (nSPS) is 15.7. The number of hydrogen-bond acceptors (Lipinski definition) is 3. The Morgan fingerprint density at radius 2 is 1.77 bits per heavy atom. The van der Waals surface area contributed by atoms with E-state index >= 15 is 0 Å². The number of carbonyl (C=O) groups is 1. The second-order valence-corrected chi connectivity index (χ2v) is 6.59. The third-order valence-electron chi connectivity index (χ3n) is 4.72. The number of aryl methyl sites for hydroxylation is 1. The van der Waals surface area contributed by atoms with Crippen LogP contribution in [0.4, 0.5) is 0 Å². The van der Waals surface area contributed by atoms with E-state index in [4.69, 9.17) is 0 Å². The molecule has 0 aromatic heterocycles. The molecule has 0 spiro atoms. The van der Waals surface area contributed by atoms with Crippen molar-refractivity contribution in [3.63, 3.8) is 0 Å². The van der Waals surface area contributed by atoms with E-state index in [1.165, 1.54) is 11.1 Å². The van der Waals surface area contributed by atoms with Gasteiger partial charge in [-0.3, -0.25) is 9.69 Å². The molecule has 1 aromatic rings. The fourth-order valence-corrected chi connectivity index (χ4v) is 2.89. The molecule has 0 N–H and O–H groups in total. The molecule has 1 aliphatic rings. The summed E-state index contributed by atoms with van der Waals surface area (Å²) in [4.78, 5) is 18.5. The molecule has 0 bridgehead atoms. The van der Waals surface area contributed by atoms with Gasteiger partial charge in [0.25, 0.3) is 0 Å². The van der Waals surface area contributed by atoms with E-state index in [0.717, 1.165) is 32.7 Å². The number of hydrogen-bond donors (Lipinski definition) is 0. The summed E-state index contributed by atoms with van der Waals surface area (Å²) in [7, 11) is 4.23. The van der Waals surface area contributed by atoms with Gasteiger partial charge in [-0.2, -0.15) is 0 Å². The van der Waals surface area contributed by atoms with Gasteiger partial charge in [-0.15, -0.1) is 0 Å². The minimum atomic E-state index is 0.290. The van der Waals surface area contributed by atoms with Crippen LogP contribution in [0.15, 0.2) is 24.3 Å². The summed E-state index contributed by atoms with van der Waals surface area (Å²) in [5, 5.41) is 0. The van der Waals surface area contributed by atoms with E-state index in [9.17, 15) is 4.79 Å². The number of likely N-dealkylation sites (N-methyl/N-ethyl adjacent to an activating group) is 1. The molecule has 1 fully saturated rings. The molecular formula is C22H41N3O. The zero-order valence-electron chi connectivity index (χ0n) is 18.4. The van der Waals surface area contributed by atoms with Gasteiger partial charge >= 0.3 is 0 Å². The van der Waals surface area contributed by atoms with Crippen molar-refractivity contribution < 1.29 is 4.79 Å². The number of rotatable bonds is 6. The van der Waals surface area contributed by atoms with Crippen molar-refractivity contribution in [1.82, 2.24) is 14.7 Å². The number of carbonyl (C=O) groups excluding carboxylic acids is 1. The molecule has 1 atom stereocenters. The van der Waals surface area contributed by atoms with Crippen molar-refractivity contribution >= 4 is 5.91 Å². The molecule has 2 rings (SSSR count). The highest BCUT2D eigenvalue weighted by molar-refractivity contribution is 5.76. The first kappa shape index (κ1) is 24.6. The van der Waals surface area contributed by atoms with Crippen LogP contribution >= 0.6 is 0 Å². The van der Waals surface area contributed by atoms with Crippen molar-refractivity contribution in [2.45, 2.75) is 60.4 Å². The molecule has 1 aromatic carbocycles. The summed E-state index contributed by atoms with van der Waals surface area (Å²) in [6.07, 6.45) is 1.70. The van der Waals surface area contributed by atoms with Crippen LogP contribution in [0.1, 0.15) is 52.2 Å². The maximum Gasteiger partial charge on any atom is 0.224 e. The maximum absolute atomic E-state index is 11.9. The van der Waals surface area contributed by atoms with Crippen LogP contribution in [0, 0.1) is 6.92 Å². The summed E-state index contributed by atoms with van der Waals surface area (Å²) in [5.41, 5.74) is 2.77. The standard InChI is InChI=1S/C18H29N3O.2C2H6/c1-15-7-5-6-8-17(15)13-16(2)20(4)11-12-21-14-19(3)10-9-18(21)22;2*1-2/h5-8,16H,9-14H2,1-4H3;2*1-2H3. The lowest BCUT2D eigenvalue weighted by atomic mass is 10.0. The average Bonchev–Trinajstić information content (AvgIpc) is 2.67. The summed E-state index contributed by atoms with van der Waals surface area (Å²) >= 11 is 0. The smallest absolute Gasteiger partial charge is 0.224 e. The van der Waals surface area contributed by atoms with E-state index < -0.39 is 0 Å². The fourth-order valence-electron chi connectivity index (χ4n) is 2.89. The highest BCUT2D eigenvalue weighted by atomic mass is 16.2. The second-order valence-electron chi connectivity index (χ2n) is 6.59. The van der Waals surface area contributed by atoms with Crippen molar-refractivity contribution in [1.29, 1.82) is 0 Å². The minimum absolute atomic E-state index is 0.290. The van der Waals surface area contributed by atoms with Gasteiger partial charge in [-0.05, 0) is 45.5 Å². The zero-order chi connectivity index (χ0) is 20.1. The van der Waals surface area contributed by atoms with Crippen LogP contribution in [0.2, 0.25) is 0 Å². The second kappa shape index (κ2) is 13.8. The Morgan fingerprint density at radius 3 is 2.38 bits per heavy atom. The van der Waals surface area contributed by atoms with Gasteiger partial charge in [0, 0.05) is 32.1 Å². The van der Waals surface area contributed by atoms with Gasteiger partial charge in [0.15, 0.2) is 0 Å². The van der Waals surface area contributed by atoms with E-state index in [0.29, 0.717) is 12.5 Å². The van der Waals surface area contributed by atoms with Crippen LogP contribution in [0.5, 0.6) is 0 Å². The average molecular weight is 364 g/mol. The topological polar surface area (TPSA) is 26.8 Å². The molecule has 0 radical (unpaired) electrons. The lowest BCUT2D eigenvalue weighted by Gasteiger charge is -2.35. The van der Waals surface area contributed by atoms with Crippen LogP contribution in [0.3, 0.4) is 0 Å². The monoisotopic (exact) mass is 363 g/mol. The third kappa shape index (κ3) is 8.33. The molecule has 26 heavy (non-hydrogen) atoms. The molecule has 1 saturated heterocycles. The first-order valence-corrected chi connectivity index (χ1v) is 10.2. The Bertz CT molecular complexity index is 504. The Labute approximate surface area is 162 Å². The van der Waals surface area contributed by atoms with E-state index in [1.807, 2.05) is 32.6 Å². The first-order chi connectivity index (χ1) is 12.5. The quantitative estimate of drug-likeness (QED) is 0.763. The van der Waals surface area contributed by atoms with Gasteiger partial charge in [0.2, 0.25) is 5.91 Å². The summed E-state index contributed by atoms with van der Waals surface area (Å²) in [5.74, 6) is 0.290. The molecule has 4 nitrogen and oxygen atoms in total. The number of nitrogens with zero attached hydrogens (tertiary/aromatic N) is 3. The van der Waals surface area contributed by atoms with Crippen molar-refractivity contribution in [2.75, 3.05) is 40.4 Å². The molecule has 1 aliphatic heterocycles. The summed E-state index contributed by atoms with van der Waals surface area (Å²) < 4.78 is 0. The fraction of sp³-hybridized carbons (Fsp3) is 0.682. The Kier molecular flexibility index (Phi) is 13.0. The van der Waals surface area contributed by atoms with E-state index in [2.05, 4.69) is 62.0 Å². The van der Waals surface area contributed by atoms with Gasteiger partial charge in [-0.25, -0.2) is 0 Å². The van der Waals surface area contributed by atoms with Gasteiger partial charge in [-0.1, -0.05) is 52.0 Å². The molecule has 1 unspecified atom stereocenters. The molecule has 1 amide bonds. The first-order valence-electron chi connectivity index (χ1n) is 10.2. The molecule has 150 valence electrons. The van der Waals surface area contributed by atoms with Crippen LogP contribution < -0.4 is 0 Å². The van der Waals surface area contributed by atoms with Crippen molar-refractivity contribution in [2.24, 2.45) is 0 Å². The van der Waals surface area contributed by atoms with Gasteiger partial charge in [0.1, 0.15) is 0 Å². The number of amides is 1. The predicted octanol–water partition coefficient (Wildman–Crippen LogP) is 4.03.